The monoisotopic (exact) mass is 491 g/mol. The molecule has 6 heteroatoms. The van der Waals surface area contributed by atoms with Gasteiger partial charge >= 0.3 is 0 Å². The van der Waals surface area contributed by atoms with Crippen LogP contribution < -0.4 is 10.2 Å². The number of hydrogen-bond donors (Lipinski definition) is 1. The third kappa shape index (κ3) is 6.64. The highest BCUT2D eigenvalue weighted by Gasteiger charge is 2.25. The zero-order valence-electron chi connectivity index (χ0n) is 20.9. The molecule has 0 fully saturated rings. The normalized spacial score (nSPS) is 11.6. The van der Waals surface area contributed by atoms with Crippen LogP contribution in [0.25, 0.3) is 0 Å². The molecule has 1 atom stereocenters. The fourth-order valence-corrected chi connectivity index (χ4v) is 4.49. The van der Waals surface area contributed by atoms with Crippen molar-refractivity contribution in [1.82, 2.24) is 4.90 Å². The maximum atomic E-state index is 13.7. The molecule has 0 spiro atoms. The number of nitrogens with zero attached hydrogens (tertiary/aromatic N) is 2. The Morgan fingerprint density at radius 1 is 0.943 bits per heavy atom. The highest BCUT2D eigenvalue weighted by atomic mass is 35.5. The maximum Gasteiger partial charge on any atom is 0.257 e. The predicted octanol–water partition coefficient (Wildman–Crippen LogP) is 6.59. The SMILES string of the molecule is CCCN(Cc1cc(NC(=O)c2ccccc2Cl)ccc1N(C)C)C(=O)[C@@H](CC)c1ccccc1. The quantitative estimate of drug-likeness (QED) is 0.348. The topological polar surface area (TPSA) is 52.7 Å². The zero-order chi connectivity index (χ0) is 25.4. The van der Waals surface area contributed by atoms with E-state index in [2.05, 4.69) is 19.2 Å². The lowest BCUT2D eigenvalue weighted by atomic mass is 9.94. The summed E-state index contributed by atoms with van der Waals surface area (Å²) < 4.78 is 0. The van der Waals surface area contributed by atoms with Crippen LogP contribution in [0.15, 0.2) is 72.8 Å². The van der Waals surface area contributed by atoms with Crippen LogP contribution in [0, 0.1) is 0 Å². The van der Waals surface area contributed by atoms with Crippen LogP contribution >= 0.6 is 11.6 Å². The highest BCUT2D eigenvalue weighted by Crippen LogP contribution is 2.28. The van der Waals surface area contributed by atoms with Gasteiger partial charge in [-0.05, 0) is 54.3 Å². The van der Waals surface area contributed by atoms with Crippen molar-refractivity contribution in [3.8, 4) is 0 Å². The van der Waals surface area contributed by atoms with Crippen LogP contribution in [0.2, 0.25) is 5.02 Å². The summed E-state index contributed by atoms with van der Waals surface area (Å²) in [5.41, 5.74) is 4.09. The van der Waals surface area contributed by atoms with E-state index in [4.69, 9.17) is 11.6 Å². The van der Waals surface area contributed by atoms with Gasteiger partial charge in [0.15, 0.2) is 0 Å². The van der Waals surface area contributed by atoms with Crippen molar-refractivity contribution in [2.45, 2.75) is 39.2 Å². The summed E-state index contributed by atoms with van der Waals surface area (Å²) in [5.74, 6) is -0.333. The van der Waals surface area contributed by atoms with Gasteiger partial charge in [-0.1, -0.05) is 67.9 Å². The molecule has 0 aliphatic rings. The first-order valence-corrected chi connectivity index (χ1v) is 12.4. The Balaban J connectivity index is 1.89. The Bertz CT molecular complexity index is 1150. The van der Waals surface area contributed by atoms with Crippen molar-refractivity contribution in [2.75, 3.05) is 30.9 Å². The summed E-state index contributed by atoms with van der Waals surface area (Å²) >= 11 is 6.20. The van der Waals surface area contributed by atoms with Crippen molar-refractivity contribution >= 4 is 34.8 Å². The number of anilines is 2. The van der Waals surface area contributed by atoms with E-state index in [9.17, 15) is 9.59 Å². The van der Waals surface area contributed by atoms with E-state index in [0.29, 0.717) is 29.4 Å². The molecule has 0 saturated carbocycles. The minimum atomic E-state index is -0.268. The fraction of sp³-hybridized carbons (Fsp3) is 0.310. The zero-order valence-corrected chi connectivity index (χ0v) is 21.7. The van der Waals surface area contributed by atoms with Gasteiger partial charge in [-0.25, -0.2) is 0 Å². The van der Waals surface area contributed by atoms with Crippen molar-refractivity contribution in [3.05, 3.63) is 94.5 Å². The van der Waals surface area contributed by atoms with Gasteiger partial charge in [0, 0.05) is 38.6 Å². The Kier molecular flexibility index (Phi) is 9.32. The molecule has 0 bridgehead atoms. The Labute approximate surface area is 213 Å². The summed E-state index contributed by atoms with van der Waals surface area (Å²) in [6, 6.07) is 22.7. The number of nitrogens with one attached hydrogen (secondary N) is 1. The van der Waals surface area contributed by atoms with Crippen molar-refractivity contribution in [1.29, 1.82) is 0 Å². The number of amides is 2. The standard InChI is InChI=1S/C29H34ClN3O2/c1-5-18-33(29(35)24(6-2)21-12-8-7-9-13-21)20-22-19-23(16-17-27(22)32(3)4)31-28(34)25-14-10-11-15-26(25)30/h7-17,19,24H,5-6,18,20H2,1-4H3,(H,31,34)/t24-/m0/s1. The number of carbonyl (C=O) groups is 2. The van der Waals surface area contributed by atoms with Crippen LogP contribution in [0.3, 0.4) is 0 Å². The van der Waals surface area contributed by atoms with E-state index in [1.165, 1.54) is 0 Å². The number of rotatable bonds is 10. The van der Waals surface area contributed by atoms with Gasteiger partial charge in [0.2, 0.25) is 5.91 Å². The largest absolute Gasteiger partial charge is 0.377 e. The van der Waals surface area contributed by atoms with Crippen LogP contribution in [0.4, 0.5) is 11.4 Å². The van der Waals surface area contributed by atoms with Crippen molar-refractivity contribution in [2.24, 2.45) is 0 Å². The Hall–Kier alpha value is -3.31. The number of carbonyl (C=O) groups excluding carboxylic acids is 2. The highest BCUT2D eigenvalue weighted by molar-refractivity contribution is 6.34. The molecule has 1 N–H and O–H groups in total. The van der Waals surface area contributed by atoms with Crippen LogP contribution in [0.1, 0.15) is 54.1 Å². The molecule has 0 saturated heterocycles. The first kappa shape index (κ1) is 26.3. The van der Waals surface area contributed by atoms with Crippen molar-refractivity contribution in [3.63, 3.8) is 0 Å². The second-order valence-electron chi connectivity index (χ2n) is 8.80. The number of hydrogen-bond acceptors (Lipinski definition) is 3. The first-order chi connectivity index (χ1) is 16.8. The van der Waals surface area contributed by atoms with E-state index in [1.54, 1.807) is 24.3 Å². The first-order valence-electron chi connectivity index (χ1n) is 12.1. The van der Waals surface area contributed by atoms with Gasteiger partial charge in [-0.3, -0.25) is 9.59 Å². The minimum absolute atomic E-state index is 0.121. The molecule has 3 rings (SSSR count). The molecule has 0 unspecified atom stereocenters. The molecule has 0 aliphatic heterocycles. The summed E-state index contributed by atoms with van der Waals surface area (Å²) in [6.07, 6.45) is 1.59. The molecule has 35 heavy (non-hydrogen) atoms. The molecular weight excluding hydrogens is 458 g/mol. The van der Waals surface area contributed by atoms with Crippen LogP contribution in [-0.2, 0) is 11.3 Å². The molecule has 0 radical (unpaired) electrons. The number of benzene rings is 3. The molecule has 184 valence electrons. The van der Waals surface area contributed by atoms with Gasteiger partial charge in [0.25, 0.3) is 5.91 Å². The summed E-state index contributed by atoms with van der Waals surface area (Å²) in [7, 11) is 3.96. The molecular formula is C29H34ClN3O2. The van der Waals surface area contributed by atoms with Crippen LogP contribution in [-0.4, -0.2) is 37.4 Å². The van der Waals surface area contributed by atoms with Gasteiger partial charge in [-0.2, -0.15) is 0 Å². The lowest BCUT2D eigenvalue weighted by Crippen LogP contribution is -2.35. The van der Waals surface area contributed by atoms with E-state index < -0.39 is 0 Å². The third-order valence-electron chi connectivity index (χ3n) is 6.01. The summed E-state index contributed by atoms with van der Waals surface area (Å²) in [5, 5.41) is 3.36. The second kappa shape index (κ2) is 12.4. The van der Waals surface area contributed by atoms with E-state index in [1.807, 2.05) is 72.4 Å². The van der Waals surface area contributed by atoms with Gasteiger partial charge in [0.1, 0.15) is 0 Å². The fourth-order valence-electron chi connectivity index (χ4n) is 4.27. The molecule has 3 aromatic rings. The van der Waals surface area contributed by atoms with E-state index in [-0.39, 0.29) is 17.7 Å². The molecule has 0 aliphatic carbocycles. The smallest absolute Gasteiger partial charge is 0.257 e. The molecule has 0 aromatic heterocycles. The summed E-state index contributed by atoms with van der Waals surface area (Å²) in [4.78, 5) is 30.4. The average molecular weight is 492 g/mol. The Morgan fingerprint density at radius 2 is 1.63 bits per heavy atom. The van der Waals surface area contributed by atoms with Crippen LogP contribution in [0.5, 0.6) is 0 Å². The maximum absolute atomic E-state index is 13.7. The average Bonchev–Trinajstić information content (AvgIpc) is 2.85. The van der Waals surface area contributed by atoms with Crippen molar-refractivity contribution < 1.29 is 9.59 Å². The summed E-state index contributed by atoms with van der Waals surface area (Å²) in [6.45, 7) is 5.25. The van der Waals surface area contributed by atoms with Gasteiger partial charge in [-0.15, -0.1) is 0 Å². The lowest BCUT2D eigenvalue weighted by Gasteiger charge is -2.29. The number of halogens is 1. The minimum Gasteiger partial charge on any atom is -0.377 e. The van der Waals surface area contributed by atoms with E-state index in [0.717, 1.165) is 29.7 Å². The molecule has 0 heterocycles. The lowest BCUT2D eigenvalue weighted by molar-refractivity contribution is -0.133. The van der Waals surface area contributed by atoms with Gasteiger partial charge < -0.3 is 15.1 Å². The van der Waals surface area contributed by atoms with E-state index >= 15 is 0 Å². The second-order valence-corrected chi connectivity index (χ2v) is 9.21. The van der Waals surface area contributed by atoms with Gasteiger partial charge in [0.05, 0.1) is 16.5 Å². The Morgan fingerprint density at radius 3 is 2.26 bits per heavy atom. The molecule has 3 aromatic carbocycles. The molecule has 5 nitrogen and oxygen atoms in total. The molecule has 2 amide bonds. The third-order valence-corrected chi connectivity index (χ3v) is 6.34. The predicted molar refractivity (Wildman–Crippen MR) is 145 cm³/mol.